The molecule has 0 aliphatic carbocycles. The number of ether oxygens (including phenoxy) is 1. The van der Waals surface area contributed by atoms with E-state index in [2.05, 4.69) is 10.3 Å². The third-order valence-corrected chi connectivity index (χ3v) is 3.26. The third-order valence-electron chi connectivity index (χ3n) is 3.26. The molecule has 21 heavy (non-hydrogen) atoms. The summed E-state index contributed by atoms with van der Waals surface area (Å²) in [6.45, 7) is 8.58. The number of nitrogens with zero attached hydrogens (tertiary/aromatic N) is 1. The Labute approximate surface area is 123 Å². The Bertz CT molecular complexity index is 435. The lowest BCUT2D eigenvalue weighted by Gasteiger charge is -2.32. The van der Waals surface area contributed by atoms with Crippen LogP contribution in [0.25, 0.3) is 0 Å². The molecule has 1 rings (SSSR count). The molecular formula is C15H23F3N2O. The van der Waals surface area contributed by atoms with Crippen molar-refractivity contribution in [2.75, 3.05) is 13.2 Å². The molecule has 1 aromatic heterocycles. The number of alkyl halides is 3. The zero-order chi connectivity index (χ0) is 16.0. The van der Waals surface area contributed by atoms with Crippen molar-refractivity contribution < 1.29 is 17.9 Å². The minimum Gasteiger partial charge on any atom is -0.376 e. The number of hydrogen-bond acceptors (Lipinski definition) is 3. The van der Waals surface area contributed by atoms with Gasteiger partial charge in [0.05, 0.1) is 17.7 Å². The van der Waals surface area contributed by atoms with Gasteiger partial charge in [-0.05, 0) is 25.5 Å². The van der Waals surface area contributed by atoms with E-state index in [-0.39, 0.29) is 17.6 Å². The first kappa shape index (κ1) is 17.9. The summed E-state index contributed by atoms with van der Waals surface area (Å²) in [4.78, 5) is 3.87. The second kappa shape index (κ2) is 7.75. The van der Waals surface area contributed by atoms with Crippen molar-refractivity contribution in [3.05, 3.63) is 29.6 Å². The molecule has 0 saturated carbocycles. The van der Waals surface area contributed by atoms with Crippen molar-refractivity contribution in [2.24, 2.45) is 5.92 Å². The number of halogens is 3. The van der Waals surface area contributed by atoms with E-state index < -0.39 is 17.8 Å². The molecule has 0 aromatic carbocycles. The van der Waals surface area contributed by atoms with E-state index in [0.717, 1.165) is 6.07 Å². The Morgan fingerprint density at radius 2 is 1.95 bits per heavy atom. The molecule has 0 aliphatic heterocycles. The Hall–Kier alpha value is -1.14. The standard InChI is InChI=1S/C15H23F3N2O/c1-5-20-13(14(10(3)4)21-6-2)11-9-19-8-7-12(11)15(16,17)18/h7-10,13-14,20H,5-6H2,1-4H3. The third kappa shape index (κ3) is 4.68. The Kier molecular flexibility index (Phi) is 6.61. The Morgan fingerprint density at radius 1 is 1.29 bits per heavy atom. The molecular weight excluding hydrogens is 281 g/mol. The smallest absolute Gasteiger partial charge is 0.376 e. The molecule has 0 fully saturated rings. The maximum Gasteiger partial charge on any atom is 0.416 e. The van der Waals surface area contributed by atoms with Crippen LogP contribution in [0.4, 0.5) is 13.2 Å². The first-order valence-corrected chi connectivity index (χ1v) is 7.18. The molecule has 1 heterocycles. The van der Waals surface area contributed by atoms with E-state index >= 15 is 0 Å². The molecule has 0 amide bonds. The monoisotopic (exact) mass is 304 g/mol. The number of likely N-dealkylation sites (N-methyl/N-ethyl adjacent to an activating group) is 1. The van der Waals surface area contributed by atoms with Crippen molar-refractivity contribution in [3.8, 4) is 0 Å². The van der Waals surface area contributed by atoms with Crippen LogP contribution in [0, 0.1) is 5.92 Å². The van der Waals surface area contributed by atoms with Gasteiger partial charge in [-0.15, -0.1) is 0 Å². The van der Waals surface area contributed by atoms with Crippen LogP contribution in [-0.2, 0) is 10.9 Å². The second-order valence-electron chi connectivity index (χ2n) is 5.16. The summed E-state index contributed by atoms with van der Waals surface area (Å²) in [7, 11) is 0. The summed E-state index contributed by atoms with van der Waals surface area (Å²) in [6, 6.07) is 0.475. The minimum atomic E-state index is -4.40. The van der Waals surface area contributed by atoms with Gasteiger partial charge in [0.25, 0.3) is 0 Å². The SMILES string of the molecule is CCNC(c1cnccc1C(F)(F)F)C(OCC)C(C)C. The Morgan fingerprint density at radius 3 is 2.43 bits per heavy atom. The highest BCUT2D eigenvalue weighted by atomic mass is 19.4. The van der Waals surface area contributed by atoms with Crippen LogP contribution >= 0.6 is 0 Å². The van der Waals surface area contributed by atoms with Crippen molar-refractivity contribution in [1.29, 1.82) is 0 Å². The molecule has 0 aliphatic rings. The van der Waals surface area contributed by atoms with Crippen LogP contribution in [0.2, 0.25) is 0 Å². The van der Waals surface area contributed by atoms with Crippen molar-refractivity contribution >= 4 is 0 Å². The van der Waals surface area contributed by atoms with E-state index in [1.165, 1.54) is 12.4 Å². The van der Waals surface area contributed by atoms with E-state index in [4.69, 9.17) is 4.74 Å². The zero-order valence-corrected chi connectivity index (χ0v) is 12.9. The molecule has 1 aromatic rings. The van der Waals surface area contributed by atoms with Gasteiger partial charge in [0.2, 0.25) is 0 Å². The van der Waals surface area contributed by atoms with Crippen LogP contribution < -0.4 is 5.32 Å². The highest BCUT2D eigenvalue weighted by Gasteiger charge is 2.37. The van der Waals surface area contributed by atoms with Gasteiger partial charge in [0, 0.05) is 24.6 Å². The largest absolute Gasteiger partial charge is 0.416 e. The highest BCUT2D eigenvalue weighted by Crippen LogP contribution is 2.36. The molecule has 1 N–H and O–H groups in total. The van der Waals surface area contributed by atoms with E-state index in [1.54, 1.807) is 0 Å². The lowest BCUT2D eigenvalue weighted by atomic mass is 9.91. The maximum atomic E-state index is 13.2. The van der Waals surface area contributed by atoms with Gasteiger partial charge in [0.15, 0.2) is 0 Å². The molecule has 2 unspecified atom stereocenters. The molecule has 6 heteroatoms. The van der Waals surface area contributed by atoms with E-state index in [9.17, 15) is 13.2 Å². The molecule has 120 valence electrons. The lowest BCUT2D eigenvalue weighted by Crippen LogP contribution is -2.38. The highest BCUT2D eigenvalue weighted by molar-refractivity contribution is 5.30. The second-order valence-corrected chi connectivity index (χ2v) is 5.16. The van der Waals surface area contributed by atoms with E-state index in [0.29, 0.717) is 13.2 Å². The summed E-state index contributed by atoms with van der Waals surface area (Å²) in [6.07, 6.45) is -2.30. The molecule has 0 bridgehead atoms. The van der Waals surface area contributed by atoms with Gasteiger partial charge in [-0.1, -0.05) is 20.8 Å². The van der Waals surface area contributed by atoms with Crippen LogP contribution in [0.1, 0.15) is 44.9 Å². The Balaban J connectivity index is 3.28. The lowest BCUT2D eigenvalue weighted by molar-refractivity contribution is -0.139. The van der Waals surface area contributed by atoms with Crippen molar-refractivity contribution in [3.63, 3.8) is 0 Å². The fourth-order valence-corrected chi connectivity index (χ4v) is 2.40. The van der Waals surface area contributed by atoms with Gasteiger partial charge >= 0.3 is 6.18 Å². The number of nitrogens with one attached hydrogen (secondary N) is 1. The minimum absolute atomic E-state index is 0.0790. The first-order valence-electron chi connectivity index (χ1n) is 7.18. The first-order chi connectivity index (χ1) is 9.82. The van der Waals surface area contributed by atoms with Gasteiger partial charge in [-0.3, -0.25) is 4.98 Å². The fourth-order valence-electron chi connectivity index (χ4n) is 2.40. The van der Waals surface area contributed by atoms with Crippen molar-refractivity contribution in [2.45, 2.75) is 46.0 Å². The molecule has 3 nitrogen and oxygen atoms in total. The number of rotatable bonds is 7. The molecule has 0 saturated heterocycles. The van der Waals surface area contributed by atoms with Gasteiger partial charge in [-0.25, -0.2) is 0 Å². The van der Waals surface area contributed by atoms with Gasteiger partial charge in [0.1, 0.15) is 0 Å². The topological polar surface area (TPSA) is 34.2 Å². The van der Waals surface area contributed by atoms with Crippen molar-refractivity contribution in [1.82, 2.24) is 10.3 Å². The summed E-state index contributed by atoms with van der Waals surface area (Å²) < 4.78 is 45.3. The van der Waals surface area contributed by atoms with E-state index in [1.807, 2.05) is 27.7 Å². The molecule has 0 spiro atoms. The maximum absolute atomic E-state index is 13.2. The fraction of sp³-hybridized carbons (Fsp3) is 0.667. The number of pyridine rings is 1. The summed E-state index contributed by atoms with van der Waals surface area (Å²) >= 11 is 0. The van der Waals surface area contributed by atoms with Crippen LogP contribution in [0.3, 0.4) is 0 Å². The molecule has 0 radical (unpaired) electrons. The number of aromatic nitrogens is 1. The normalized spacial score (nSPS) is 15.2. The summed E-state index contributed by atoms with van der Waals surface area (Å²) in [5.74, 6) is 0.0790. The quantitative estimate of drug-likeness (QED) is 0.831. The van der Waals surface area contributed by atoms with Gasteiger partial charge < -0.3 is 10.1 Å². The predicted octanol–water partition coefficient (Wildman–Crippen LogP) is 3.81. The average molecular weight is 304 g/mol. The van der Waals surface area contributed by atoms with Crippen LogP contribution in [-0.4, -0.2) is 24.2 Å². The summed E-state index contributed by atoms with van der Waals surface area (Å²) in [5, 5.41) is 3.11. The van der Waals surface area contributed by atoms with Crippen LogP contribution in [0.5, 0.6) is 0 Å². The average Bonchev–Trinajstić information content (AvgIpc) is 2.41. The molecule has 2 atom stereocenters. The predicted molar refractivity (Wildman–Crippen MR) is 75.9 cm³/mol. The zero-order valence-electron chi connectivity index (χ0n) is 12.9. The number of hydrogen-bond donors (Lipinski definition) is 1. The van der Waals surface area contributed by atoms with Crippen LogP contribution in [0.15, 0.2) is 18.5 Å². The summed E-state index contributed by atoms with van der Waals surface area (Å²) in [5.41, 5.74) is -0.521. The van der Waals surface area contributed by atoms with Gasteiger partial charge in [-0.2, -0.15) is 13.2 Å².